The van der Waals surface area contributed by atoms with Crippen LogP contribution in [0.15, 0.2) is 53.4 Å². The van der Waals surface area contributed by atoms with Gasteiger partial charge in [0, 0.05) is 36.2 Å². The van der Waals surface area contributed by atoms with Crippen molar-refractivity contribution in [3.63, 3.8) is 0 Å². The van der Waals surface area contributed by atoms with E-state index < -0.39 is 15.8 Å². The van der Waals surface area contributed by atoms with E-state index in [-0.39, 0.29) is 10.6 Å². The Balaban J connectivity index is 1.46. The van der Waals surface area contributed by atoms with Gasteiger partial charge in [-0.05, 0) is 49.4 Å². The molecule has 0 aliphatic carbocycles. The Morgan fingerprint density at radius 2 is 1.73 bits per heavy atom. The maximum atomic E-state index is 13.9. The van der Waals surface area contributed by atoms with Gasteiger partial charge in [0.2, 0.25) is 5.95 Å². The van der Waals surface area contributed by atoms with Crippen LogP contribution in [-0.2, 0) is 14.8 Å². The minimum absolute atomic E-state index is 0.0282. The van der Waals surface area contributed by atoms with Gasteiger partial charge in [-0.1, -0.05) is 0 Å². The van der Waals surface area contributed by atoms with Crippen molar-refractivity contribution in [1.82, 2.24) is 9.97 Å². The van der Waals surface area contributed by atoms with Crippen LogP contribution in [0.1, 0.15) is 5.69 Å². The molecule has 2 N–H and O–H groups in total. The highest BCUT2D eigenvalue weighted by Gasteiger charge is 2.17. The molecule has 174 valence electrons. The molecule has 2 aromatic carbocycles. The molecule has 1 saturated heterocycles. The predicted octanol–water partition coefficient (Wildman–Crippen LogP) is 3.31. The third-order valence-corrected chi connectivity index (χ3v) is 6.38. The minimum atomic E-state index is -3.96. The molecule has 4 rings (SSSR count). The fourth-order valence-corrected chi connectivity index (χ4v) is 4.41. The first-order chi connectivity index (χ1) is 15.8. The lowest BCUT2D eigenvalue weighted by molar-refractivity contribution is 0.122. The fraction of sp³-hybridized carbons (Fsp3) is 0.273. The Labute approximate surface area is 191 Å². The van der Waals surface area contributed by atoms with Crippen molar-refractivity contribution in [3.8, 4) is 5.75 Å². The molecule has 2 heterocycles. The van der Waals surface area contributed by atoms with E-state index in [4.69, 9.17) is 9.47 Å². The lowest BCUT2D eigenvalue weighted by Gasteiger charge is -2.28. The van der Waals surface area contributed by atoms with Gasteiger partial charge in [0.25, 0.3) is 10.0 Å². The Hall–Kier alpha value is -3.44. The number of halogens is 1. The number of morpholine rings is 1. The van der Waals surface area contributed by atoms with Gasteiger partial charge in [-0.25, -0.2) is 17.8 Å². The van der Waals surface area contributed by atoms with Gasteiger partial charge in [0.15, 0.2) is 11.6 Å². The van der Waals surface area contributed by atoms with Crippen LogP contribution in [-0.4, -0.2) is 51.8 Å². The summed E-state index contributed by atoms with van der Waals surface area (Å²) in [6.07, 6.45) is 0. The van der Waals surface area contributed by atoms with Gasteiger partial charge >= 0.3 is 0 Å². The Morgan fingerprint density at radius 1 is 1.03 bits per heavy atom. The number of sulfonamides is 1. The Kier molecular flexibility index (Phi) is 6.61. The third kappa shape index (κ3) is 5.49. The molecule has 0 amide bonds. The topological polar surface area (TPSA) is 106 Å². The molecular weight excluding hydrogens is 449 g/mol. The number of ether oxygens (including phenoxy) is 2. The van der Waals surface area contributed by atoms with Crippen LogP contribution < -0.4 is 19.7 Å². The van der Waals surface area contributed by atoms with Gasteiger partial charge in [-0.3, -0.25) is 4.72 Å². The summed E-state index contributed by atoms with van der Waals surface area (Å²) in [5.41, 5.74) is 1.84. The highest BCUT2D eigenvalue weighted by Crippen LogP contribution is 2.24. The molecule has 0 atom stereocenters. The summed E-state index contributed by atoms with van der Waals surface area (Å²) in [4.78, 5) is 11.0. The van der Waals surface area contributed by atoms with Crippen LogP contribution in [0.2, 0.25) is 0 Å². The van der Waals surface area contributed by atoms with E-state index >= 15 is 0 Å². The number of aromatic nitrogens is 2. The maximum Gasteiger partial charge on any atom is 0.262 e. The second kappa shape index (κ2) is 9.59. The smallest absolute Gasteiger partial charge is 0.262 e. The second-order valence-electron chi connectivity index (χ2n) is 7.39. The van der Waals surface area contributed by atoms with Gasteiger partial charge in [0.1, 0.15) is 5.82 Å². The number of nitrogens with one attached hydrogen (secondary N) is 2. The highest BCUT2D eigenvalue weighted by atomic mass is 32.2. The number of aryl methyl sites for hydroxylation is 1. The van der Waals surface area contributed by atoms with Crippen LogP contribution in [0.4, 0.5) is 27.5 Å². The van der Waals surface area contributed by atoms with Crippen LogP contribution >= 0.6 is 0 Å². The molecule has 1 fully saturated rings. The normalized spacial score (nSPS) is 14.1. The summed E-state index contributed by atoms with van der Waals surface area (Å²) in [7, 11) is -2.65. The number of rotatable bonds is 7. The van der Waals surface area contributed by atoms with Gasteiger partial charge in [-0.2, -0.15) is 4.98 Å². The first-order valence-electron chi connectivity index (χ1n) is 10.3. The fourth-order valence-electron chi connectivity index (χ4n) is 3.34. The standard InChI is InChI=1S/C22H24FN5O4S/c1-15-13-21(28-9-11-32-12-10-28)26-22(24-15)25-16-3-5-17(6-4-16)27-33(29,30)18-7-8-20(31-2)19(23)14-18/h3-8,13-14,27H,9-12H2,1-2H3,(H,24,25,26). The van der Waals surface area contributed by atoms with Crippen molar-refractivity contribution < 1.29 is 22.3 Å². The van der Waals surface area contributed by atoms with Crippen LogP contribution in [0, 0.1) is 12.7 Å². The molecule has 0 bridgehead atoms. The summed E-state index contributed by atoms with van der Waals surface area (Å²) < 4.78 is 51.7. The quantitative estimate of drug-likeness (QED) is 0.539. The monoisotopic (exact) mass is 473 g/mol. The molecule has 9 nitrogen and oxygen atoms in total. The molecule has 1 aromatic heterocycles. The zero-order valence-electron chi connectivity index (χ0n) is 18.2. The molecule has 0 spiro atoms. The van der Waals surface area contributed by atoms with Crippen LogP contribution in [0.25, 0.3) is 0 Å². The predicted molar refractivity (Wildman–Crippen MR) is 123 cm³/mol. The molecule has 11 heteroatoms. The molecule has 0 saturated carbocycles. The average molecular weight is 474 g/mol. The van der Waals surface area contributed by atoms with Crippen molar-refractivity contribution in [3.05, 3.63) is 60.0 Å². The van der Waals surface area contributed by atoms with E-state index in [1.165, 1.54) is 19.2 Å². The largest absolute Gasteiger partial charge is 0.494 e. The molecule has 1 aliphatic rings. The van der Waals surface area contributed by atoms with Crippen molar-refractivity contribution in [2.75, 3.05) is 48.4 Å². The lowest BCUT2D eigenvalue weighted by Crippen LogP contribution is -2.36. The van der Waals surface area contributed by atoms with E-state index in [0.717, 1.165) is 30.7 Å². The van der Waals surface area contributed by atoms with E-state index in [9.17, 15) is 12.8 Å². The van der Waals surface area contributed by atoms with Gasteiger partial charge in [0.05, 0.1) is 25.2 Å². The first kappa shape index (κ1) is 22.7. The highest BCUT2D eigenvalue weighted by molar-refractivity contribution is 7.92. The van der Waals surface area contributed by atoms with Crippen LogP contribution in [0.5, 0.6) is 5.75 Å². The van der Waals surface area contributed by atoms with E-state index in [0.29, 0.717) is 30.5 Å². The maximum absolute atomic E-state index is 13.9. The van der Waals surface area contributed by atoms with E-state index in [1.807, 2.05) is 13.0 Å². The van der Waals surface area contributed by atoms with E-state index in [2.05, 4.69) is 24.9 Å². The lowest BCUT2D eigenvalue weighted by atomic mass is 10.3. The number of benzene rings is 2. The van der Waals surface area contributed by atoms with Gasteiger partial charge < -0.3 is 19.7 Å². The molecular formula is C22H24FN5O4S. The SMILES string of the molecule is COc1ccc(S(=O)(=O)Nc2ccc(Nc3nc(C)cc(N4CCOCC4)n3)cc2)cc1F. The minimum Gasteiger partial charge on any atom is -0.494 e. The van der Waals surface area contributed by atoms with Crippen molar-refractivity contribution in [2.24, 2.45) is 0 Å². The third-order valence-electron chi connectivity index (χ3n) is 5.00. The number of anilines is 4. The molecule has 1 aliphatic heterocycles. The molecule has 0 radical (unpaired) electrons. The summed E-state index contributed by atoms with van der Waals surface area (Å²) in [6.45, 7) is 4.75. The Bertz CT molecular complexity index is 1230. The summed E-state index contributed by atoms with van der Waals surface area (Å²) in [5.74, 6) is 0.483. The zero-order chi connectivity index (χ0) is 23.4. The molecule has 3 aromatic rings. The van der Waals surface area contributed by atoms with Crippen molar-refractivity contribution in [2.45, 2.75) is 11.8 Å². The molecule has 0 unspecified atom stereocenters. The summed E-state index contributed by atoms with van der Waals surface area (Å²) in [5, 5.41) is 3.15. The second-order valence-corrected chi connectivity index (χ2v) is 9.08. The average Bonchev–Trinajstić information content (AvgIpc) is 2.80. The summed E-state index contributed by atoms with van der Waals surface area (Å²) >= 11 is 0. The first-order valence-corrected chi connectivity index (χ1v) is 11.7. The van der Waals surface area contributed by atoms with Crippen molar-refractivity contribution >= 4 is 33.2 Å². The van der Waals surface area contributed by atoms with E-state index in [1.54, 1.807) is 24.3 Å². The number of hydrogen-bond donors (Lipinski definition) is 2. The number of methoxy groups -OCH3 is 1. The Morgan fingerprint density at radius 3 is 2.39 bits per heavy atom. The zero-order valence-corrected chi connectivity index (χ0v) is 19.0. The summed E-state index contributed by atoms with van der Waals surface area (Å²) in [6, 6.07) is 12.0. The van der Waals surface area contributed by atoms with Crippen molar-refractivity contribution in [1.29, 1.82) is 0 Å². The van der Waals surface area contributed by atoms with Crippen LogP contribution in [0.3, 0.4) is 0 Å². The van der Waals surface area contributed by atoms with Gasteiger partial charge in [-0.15, -0.1) is 0 Å². The number of hydrogen-bond acceptors (Lipinski definition) is 8. The molecule has 33 heavy (non-hydrogen) atoms. The number of nitrogens with zero attached hydrogens (tertiary/aromatic N) is 3.